The van der Waals surface area contributed by atoms with Gasteiger partial charge in [0.25, 0.3) is 0 Å². The lowest BCUT2D eigenvalue weighted by Gasteiger charge is -2.24. The minimum Gasteiger partial charge on any atom is -0.379 e. The van der Waals surface area contributed by atoms with E-state index in [-0.39, 0.29) is 17.5 Å². The summed E-state index contributed by atoms with van der Waals surface area (Å²) in [6.07, 6.45) is -0.666. The summed E-state index contributed by atoms with van der Waals surface area (Å²) in [7, 11) is 0. The number of hydrogen-bond acceptors (Lipinski definition) is 3. The molecule has 78 valence electrons. The molecule has 1 unspecified atom stereocenters. The van der Waals surface area contributed by atoms with E-state index in [0.717, 1.165) is 0 Å². The van der Waals surface area contributed by atoms with Gasteiger partial charge in [0.05, 0.1) is 6.04 Å². The van der Waals surface area contributed by atoms with Crippen molar-refractivity contribution in [1.29, 1.82) is 0 Å². The molecule has 0 saturated heterocycles. The van der Waals surface area contributed by atoms with Crippen LogP contribution >= 0.6 is 0 Å². The number of carbonyl (C=O) groups excluding carboxylic acids is 1. The second kappa shape index (κ2) is 4.58. The number of rotatable bonds is 3. The van der Waals surface area contributed by atoms with Gasteiger partial charge in [-0.2, -0.15) is 0 Å². The molecule has 0 aliphatic rings. The molecule has 0 aromatic heterocycles. The second-order valence-electron chi connectivity index (χ2n) is 4.30. The van der Waals surface area contributed by atoms with Gasteiger partial charge >= 0.3 is 0 Å². The molecule has 0 spiro atoms. The Morgan fingerprint density at radius 2 is 1.77 bits per heavy atom. The summed E-state index contributed by atoms with van der Waals surface area (Å²) in [6.45, 7) is 9.05. The lowest BCUT2D eigenvalue weighted by molar-refractivity contribution is -0.125. The van der Waals surface area contributed by atoms with Gasteiger partial charge in [0, 0.05) is 5.54 Å². The molecule has 0 fully saturated rings. The Bertz CT molecular complexity index is 173. The molecule has 3 N–H and O–H groups in total. The number of hydrogen-bond donors (Lipinski definition) is 3. The molecule has 0 rings (SSSR count). The fourth-order valence-electron chi connectivity index (χ4n) is 0.915. The predicted molar refractivity (Wildman–Crippen MR) is 52.2 cm³/mol. The average Bonchev–Trinajstić information content (AvgIpc) is 1.81. The highest BCUT2D eigenvalue weighted by atomic mass is 16.3. The highest BCUT2D eigenvalue weighted by Gasteiger charge is 2.19. The molecule has 0 saturated carbocycles. The monoisotopic (exact) mass is 188 g/mol. The highest BCUT2D eigenvalue weighted by molar-refractivity contribution is 5.81. The lowest BCUT2D eigenvalue weighted by atomic mass is 10.1. The topological polar surface area (TPSA) is 61.4 Å². The van der Waals surface area contributed by atoms with Gasteiger partial charge in [-0.15, -0.1) is 0 Å². The smallest absolute Gasteiger partial charge is 0.237 e. The third-order valence-corrected chi connectivity index (χ3v) is 1.38. The number of aliphatic hydroxyl groups is 1. The van der Waals surface area contributed by atoms with E-state index < -0.39 is 6.23 Å². The van der Waals surface area contributed by atoms with E-state index in [1.807, 2.05) is 20.8 Å². The van der Waals surface area contributed by atoms with Gasteiger partial charge in [-0.25, -0.2) is 0 Å². The summed E-state index contributed by atoms with van der Waals surface area (Å²) in [5.74, 6) is -0.103. The Kier molecular flexibility index (Phi) is 4.36. The van der Waals surface area contributed by atoms with Crippen molar-refractivity contribution in [1.82, 2.24) is 10.6 Å². The molecule has 0 aliphatic heterocycles. The molecule has 0 aromatic carbocycles. The van der Waals surface area contributed by atoms with E-state index in [9.17, 15) is 4.79 Å². The minimum absolute atomic E-state index is 0.103. The van der Waals surface area contributed by atoms with E-state index in [2.05, 4.69) is 10.6 Å². The second-order valence-corrected chi connectivity index (χ2v) is 4.30. The third-order valence-electron chi connectivity index (χ3n) is 1.38. The molecule has 0 aliphatic carbocycles. The van der Waals surface area contributed by atoms with Crippen molar-refractivity contribution in [3.63, 3.8) is 0 Å². The van der Waals surface area contributed by atoms with E-state index >= 15 is 0 Å². The summed E-state index contributed by atoms with van der Waals surface area (Å²) in [5.41, 5.74) is -0.230. The van der Waals surface area contributed by atoms with Gasteiger partial charge in [0.1, 0.15) is 6.23 Å². The van der Waals surface area contributed by atoms with Crippen LogP contribution < -0.4 is 10.6 Å². The maximum absolute atomic E-state index is 11.4. The molecule has 0 bridgehead atoms. The zero-order chi connectivity index (χ0) is 10.6. The summed E-state index contributed by atoms with van der Waals surface area (Å²) in [4.78, 5) is 11.4. The Balaban J connectivity index is 3.97. The van der Waals surface area contributed by atoms with Gasteiger partial charge in [-0.1, -0.05) is 0 Å². The number of amides is 1. The van der Waals surface area contributed by atoms with Gasteiger partial charge in [0.15, 0.2) is 0 Å². The molecule has 0 heterocycles. The van der Waals surface area contributed by atoms with Crippen LogP contribution in [-0.2, 0) is 4.79 Å². The van der Waals surface area contributed by atoms with Crippen molar-refractivity contribution in [2.75, 3.05) is 0 Å². The van der Waals surface area contributed by atoms with E-state index in [1.54, 1.807) is 13.8 Å². The van der Waals surface area contributed by atoms with Crippen molar-refractivity contribution in [3.05, 3.63) is 0 Å². The largest absolute Gasteiger partial charge is 0.379 e. The zero-order valence-electron chi connectivity index (χ0n) is 9.01. The molecule has 2 atom stereocenters. The first-order chi connectivity index (χ1) is 5.72. The normalized spacial score (nSPS) is 16.5. The number of carbonyl (C=O) groups is 1. The standard InChI is InChI=1S/C9H20N2O2/c1-6(10-7(2)12)8(13)11-9(3,4)5/h6-7,10,12H,1-5H3,(H,11,13)/t6-,7?/m1/s1. The van der Waals surface area contributed by atoms with Crippen molar-refractivity contribution in [3.8, 4) is 0 Å². The van der Waals surface area contributed by atoms with Gasteiger partial charge in [-0.3, -0.25) is 10.1 Å². The van der Waals surface area contributed by atoms with E-state index in [0.29, 0.717) is 0 Å². The van der Waals surface area contributed by atoms with Crippen LogP contribution in [0.15, 0.2) is 0 Å². The zero-order valence-corrected chi connectivity index (χ0v) is 9.01. The van der Waals surface area contributed by atoms with Crippen molar-refractivity contribution in [2.24, 2.45) is 0 Å². The first-order valence-corrected chi connectivity index (χ1v) is 4.48. The van der Waals surface area contributed by atoms with Crippen LogP contribution in [0.4, 0.5) is 0 Å². The molecule has 13 heavy (non-hydrogen) atoms. The molecule has 0 radical (unpaired) electrons. The molecular weight excluding hydrogens is 168 g/mol. The summed E-state index contributed by atoms with van der Waals surface area (Å²) < 4.78 is 0. The minimum atomic E-state index is -0.666. The molecule has 4 nitrogen and oxygen atoms in total. The number of aliphatic hydroxyl groups excluding tert-OH is 1. The fourth-order valence-corrected chi connectivity index (χ4v) is 0.915. The van der Waals surface area contributed by atoms with Crippen LogP contribution in [0.25, 0.3) is 0 Å². The van der Waals surface area contributed by atoms with Gasteiger partial charge < -0.3 is 10.4 Å². The van der Waals surface area contributed by atoms with E-state index in [1.165, 1.54) is 0 Å². The average molecular weight is 188 g/mol. The van der Waals surface area contributed by atoms with Crippen LogP contribution in [0.1, 0.15) is 34.6 Å². The predicted octanol–water partition coefficient (Wildman–Crippen LogP) is 0.217. The van der Waals surface area contributed by atoms with Crippen LogP contribution in [0.5, 0.6) is 0 Å². The Morgan fingerprint density at radius 3 is 2.08 bits per heavy atom. The summed E-state index contributed by atoms with van der Waals surface area (Å²) in [5, 5.41) is 14.5. The van der Waals surface area contributed by atoms with Gasteiger partial charge in [0.2, 0.25) is 5.91 Å². The third kappa shape index (κ3) is 6.54. The van der Waals surface area contributed by atoms with Gasteiger partial charge in [-0.05, 0) is 34.6 Å². The van der Waals surface area contributed by atoms with Crippen LogP contribution in [0.2, 0.25) is 0 Å². The SMILES string of the molecule is CC(O)N[C@H](C)C(=O)NC(C)(C)C. The first kappa shape index (κ1) is 12.4. The maximum atomic E-state index is 11.4. The Labute approximate surface area is 79.7 Å². The van der Waals surface area contributed by atoms with Crippen molar-refractivity contribution < 1.29 is 9.90 Å². The van der Waals surface area contributed by atoms with Crippen LogP contribution in [0.3, 0.4) is 0 Å². The van der Waals surface area contributed by atoms with Crippen molar-refractivity contribution in [2.45, 2.75) is 52.4 Å². The van der Waals surface area contributed by atoms with Crippen molar-refractivity contribution >= 4 is 5.91 Å². The fraction of sp³-hybridized carbons (Fsp3) is 0.889. The number of nitrogens with one attached hydrogen (secondary N) is 2. The Morgan fingerprint density at radius 1 is 1.31 bits per heavy atom. The van der Waals surface area contributed by atoms with E-state index in [4.69, 9.17) is 5.11 Å². The summed E-state index contributed by atoms with van der Waals surface area (Å²) >= 11 is 0. The van der Waals surface area contributed by atoms with Crippen LogP contribution in [0, 0.1) is 0 Å². The summed E-state index contributed by atoms with van der Waals surface area (Å²) in [6, 6.07) is -0.376. The quantitative estimate of drug-likeness (QED) is 0.555. The maximum Gasteiger partial charge on any atom is 0.237 e. The Hall–Kier alpha value is -0.610. The molecule has 1 amide bonds. The molecule has 0 aromatic rings. The van der Waals surface area contributed by atoms with Crippen LogP contribution in [-0.4, -0.2) is 28.8 Å². The highest BCUT2D eigenvalue weighted by Crippen LogP contribution is 1.99. The lowest BCUT2D eigenvalue weighted by Crippen LogP contribution is -2.51. The molecular formula is C9H20N2O2. The first-order valence-electron chi connectivity index (χ1n) is 4.48. The molecule has 4 heteroatoms.